The molecule has 0 aliphatic heterocycles. The van der Waals surface area contributed by atoms with Gasteiger partial charge in [0.1, 0.15) is 0 Å². The van der Waals surface area contributed by atoms with Gasteiger partial charge in [-0.15, -0.1) is 10.2 Å². The highest BCUT2D eigenvalue weighted by Crippen LogP contribution is 2.22. The van der Waals surface area contributed by atoms with E-state index in [-0.39, 0.29) is 11.7 Å². The summed E-state index contributed by atoms with van der Waals surface area (Å²) in [5, 5.41) is 11.7. The molecule has 0 aliphatic rings. The van der Waals surface area contributed by atoms with Gasteiger partial charge in [0.25, 0.3) is 0 Å². The fourth-order valence-corrected chi connectivity index (χ4v) is 3.17. The van der Waals surface area contributed by atoms with Crippen molar-refractivity contribution in [3.63, 3.8) is 0 Å². The molecule has 144 valence electrons. The van der Waals surface area contributed by atoms with E-state index in [9.17, 15) is 9.59 Å². The molecule has 3 aromatic rings. The second-order valence-electron chi connectivity index (χ2n) is 5.74. The predicted molar refractivity (Wildman–Crippen MR) is 106 cm³/mol. The monoisotopic (exact) mass is 397 g/mol. The SMILES string of the molecule is CCOC(=O)c1cccc(NC(=O)CSc2nnc(-c3ccncc3)n2C)c1. The van der Waals surface area contributed by atoms with Crippen LogP contribution < -0.4 is 5.32 Å². The third kappa shape index (κ3) is 4.74. The Labute approximate surface area is 166 Å². The molecule has 8 nitrogen and oxygen atoms in total. The number of hydrogen-bond donors (Lipinski definition) is 1. The molecule has 1 amide bonds. The molecule has 2 aromatic heterocycles. The lowest BCUT2D eigenvalue weighted by Crippen LogP contribution is -2.15. The molecule has 0 atom stereocenters. The highest BCUT2D eigenvalue weighted by Gasteiger charge is 2.13. The van der Waals surface area contributed by atoms with E-state index in [4.69, 9.17) is 4.74 Å². The normalized spacial score (nSPS) is 10.5. The molecule has 0 spiro atoms. The van der Waals surface area contributed by atoms with Crippen LogP contribution >= 0.6 is 11.8 Å². The topological polar surface area (TPSA) is 99.0 Å². The molecule has 28 heavy (non-hydrogen) atoms. The number of hydrogen-bond acceptors (Lipinski definition) is 7. The number of carbonyl (C=O) groups excluding carboxylic acids is 2. The Hall–Kier alpha value is -3.20. The molecule has 2 heterocycles. The number of ether oxygens (including phenoxy) is 1. The van der Waals surface area contributed by atoms with Crippen LogP contribution in [0.4, 0.5) is 5.69 Å². The van der Waals surface area contributed by atoms with Crippen LogP contribution in [0.15, 0.2) is 53.9 Å². The third-order valence-corrected chi connectivity index (χ3v) is 4.78. The first-order chi connectivity index (χ1) is 13.6. The van der Waals surface area contributed by atoms with Gasteiger partial charge in [-0.2, -0.15) is 0 Å². The molecule has 0 saturated carbocycles. The van der Waals surface area contributed by atoms with Gasteiger partial charge in [0.15, 0.2) is 11.0 Å². The Morgan fingerprint density at radius 2 is 1.96 bits per heavy atom. The summed E-state index contributed by atoms with van der Waals surface area (Å²) in [6, 6.07) is 10.3. The van der Waals surface area contributed by atoms with Gasteiger partial charge in [0, 0.05) is 30.7 Å². The van der Waals surface area contributed by atoms with Gasteiger partial charge >= 0.3 is 5.97 Å². The van der Waals surface area contributed by atoms with Gasteiger partial charge < -0.3 is 14.6 Å². The molecule has 1 aromatic carbocycles. The maximum atomic E-state index is 12.3. The van der Waals surface area contributed by atoms with Crippen molar-refractivity contribution in [1.29, 1.82) is 0 Å². The molecule has 1 N–H and O–H groups in total. The summed E-state index contributed by atoms with van der Waals surface area (Å²) in [6.45, 7) is 2.04. The highest BCUT2D eigenvalue weighted by molar-refractivity contribution is 7.99. The lowest BCUT2D eigenvalue weighted by atomic mass is 10.2. The summed E-state index contributed by atoms with van der Waals surface area (Å²) in [6.07, 6.45) is 3.38. The smallest absolute Gasteiger partial charge is 0.338 e. The number of carbonyl (C=O) groups is 2. The van der Waals surface area contributed by atoms with Crippen molar-refractivity contribution in [1.82, 2.24) is 19.7 Å². The molecular weight excluding hydrogens is 378 g/mol. The summed E-state index contributed by atoms with van der Waals surface area (Å²) in [7, 11) is 1.85. The van der Waals surface area contributed by atoms with Crippen LogP contribution in [-0.2, 0) is 16.6 Å². The summed E-state index contributed by atoms with van der Waals surface area (Å²) < 4.78 is 6.80. The minimum atomic E-state index is -0.421. The van der Waals surface area contributed by atoms with Crippen LogP contribution in [0.2, 0.25) is 0 Å². The first-order valence-corrected chi connectivity index (χ1v) is 9.56. The van der Waals surface area contributed by atoms with E-state index in [2.05, 4.69) is 20.5 Å². The van der Waals surface area contributed by atoms with Crippen LogP contribution in [0, 0.1) is 0 Å². The molecule has 0 bridgehead atoms. The number of nitrogens with one attached hydrogen (secondary N) is 1. The van der Waals surface area contributed by atoms with Crippen LogP contribution in [0.5, 0.6) is 0 Å². The van der Waals surface area contributed by atoms with Crippen molar-refractivity contribution < 1.29 is 14.3 Å². The molecule has 0 saturated heterocycles. The molecule has 0 unspecified atom stereocenters. The number of thioether (sulfide) groups is 1. The number of esters is 1. The molecule has 9 heteroatoms. The van der Waals surface area contributed by atoms with Crippen molar-refractivity contribution in [3.8, 4) is 11.4 Å². The van der Waals surface area contributed by atoms with E-state index in [1.165, 1.54) is 11.8 Å². The maximum absolute atomic E-state index is 12.3. The zero-order chi connectivity index (χ0) is 19.9. The lowest BCUT2D eigenvalue weighted by molar-refractivity contribution is -0.113. The Morgan fingerprint density at radius 1 is 1.18 bits per heavy atom. The summed E-state index contributed by atoms with van der Waals surface area (Å²) in [4.78, 5) is 28.0. The zero-order valence-corrected chi connectivity index (χ0v) is 16.3. The van der Waals surface area contributed by atoms with Gasteiger partial charge in [-0.1, -0.05) is 17.8 Å². The Balaban J connectivity index is 1.60. The Morgan fingerprint density at radius 3 is 2.71 bits per heavy atom. The highest BCUT2D eigenvalue weighted by atomic mass is 32.2. The predicted octanol–water partition coefficient (Wildman–Crippen LogP) is 2.78. The van der Waals surface area contributed by atoms with Gasteiger partial charge in [0.05, 0.1) is 17.9 Å². The maximum Gasteiger partial charge on any atom is 0.338 e. The summed E-state index contributed by atoms with van der Waals surface area (Å²) in [5.74, 6) is 0.231. The fraction of sp³-hybridized carbons (Fsp3) is 0.211. The average molecular weight is 397 g/mol. The number of benzene rings is 1. The number of rotatable bonds is 7. The Kier molecular flexibility index (Phi) is 6.38. The van der Waals surface area contributed by atoms with Crippen molar-refractivity contribution in [2.75, 3.05) is 17.7 Å². The van der Waals surface area contributed by atoms with Crippen LogP contribution in [0.3, 0.4) is 0 Å². The van der Waals surface area contributed by atoms with E-state index in [0.29, 0.717) is 28.8 Å². The minimum Gasteiger partial charge on any atom is -0.462 e. The standard InChI is InChI=1S/C19H19N5O3S/c1-3-27-18(26)14-5-4-6-15(11-14)21-16(25)12-28-19-23-22-17(24(19)2)13-7-9-20-10-8-13/h4-11H,3,12H2,1-2H3,(H,21,25). The molecule has 0 fully saturated rings. The van der Waals surface area contributed by atoms with E-state index in [0.717, 1.165) is 5.56 Å². The first kappa shape index (κ1) is 19.6. The van der Waals surface area contributed by atoms with Crippen molar-refractivity contribution in [3.05, 3.63) is 54.4 Å². The molecule has 0 aliphatic carbocycles. The molecule has 3 rings (SSSR count). The van der Waals surface area contributed by atoms with Gasteiger partial charge in [-0.3, -0.25) is 9.78 Å². The number of anilines is 1. The van der Waals surface area contributed by atoms with Gasteiger partial charge in [0.2, 0.25) is 5.91 Å². The average Bonchev–Trinajstić information content (AvgIpc) is 3.08. The van der Waals surface area contributed by atoms with Crippen molar-refractivity contribution >= 4 is 29.3 Å². The Bertz CT molecular complexity index is 975. The van der Waals surface area contributed by atoms with Crippen molar-refractivity contribution in [2.45, 2.75) is 12.1 Å². The summed E-state index contributed by atoms with van der Waals surface area (Å²) in [5.41, 5.74) is 1.83. The van der Waals surface area contributed by atoms with E-state index in [1.807, 2.05) is 23.7 Å². The number of amides is 1. The fourth-order valence-electron chi connectivity index (χ4n) is 2.46. The molecular formula is C19H19N5O3S. The van der Waals surface area contributed by atoms with E-state index in [1.54, 1.807) is 43.6 Å². The van der Waals surface area contributed by atoms with Crippen LogP contribution in [-0.4, -0.2) is 44.0 Å². The van der Waals surface area contributed by atoms with E-state index >= 15 is 0 Å². The minimum absolute atomic E-state index is 0.159. The van der Waals surface area contributed by atoms with Gasteiger partial charge in [-0.05, 0) is 37.3 Å². The lowest BCUT2D eigenvalue weighted by Gasteiger charge is -2.07. The number of nitrogens with zero attached hydrogens (tertiary/aromatic N) is 4. The molecule has 0 radical (unpaired) electrons. The number of pyridine rings is 1. The third-order valence-electron chi connectivity index (χ3n) is 3.76. The zero-order valence-electron chi connectivity index (χ0n) is 15.5. The van der Waals surface area contributed by atoms with Crippen LogP contribution in [0.25, 0.3) is 11.4 Å². The van der Waals surface area contributed by atoms with E-state index < -0.39 is 5.97 Å². The quantitative estimate of drug-likeness (QED) is 0.483. The second-order valence-corrected chi connectivity index (χ2v) is 6.68. The van der Waals surface area contributed by atoms with Crippen LogP contribution in [0.1, 0.15) is 17.3 Å². The first-order valence-electron chi connectivity index (χ1n) is 8.58. The number of aromatic nitrogens is 4. The summed E-state index contributed by atoms with van der Waals surface area (Å²) >= 11 is 1.28. The van der Waals surface area contributed by atoms with Crippen molar-refractivity contribution in [2.24, 2.45) is 7.05 Å². The largest absolute Gasteiger partial charge is 0.462 e. The van der Waals surface area contributed by atoms with Gasteiger partial charge in [-0.25, -0.2) is 4.79 Å². The second kappa shape index (κ2) is 9.14.